The van der Waals surface area contributed by atoms with E-state index in [1.807, 2.05) is 30.3 Å². The Bertz CT molecular complexity index is 591. The number of phenolic OH excluding ortho intramolecular Hbond substituents is 1. The highest BCUT2D eigenvalue weighted by Crippen LogP contribution is 2.27. The second-order valence-electron chi connectivity index (χ2n) is 3.73. The maximum Gasteiger partial charge on any atom is 0.131 e. The van der Waals surface area contributed by atoms with Crippen molar-refractivity contribution >= 4 is 29.6 Å². The van der Waals surface area contributed by atoms with E-state index in [1.165, 1.54) is 0 Å². The number of halogens is 1. The lowest BCUT2D eigenvalue weighted by Crippen LogP contribution is -1.86. The molecule has 3 heteroatoms. The molecule has 0 radical (unpaired) electrons. The van der Waals surface area contributed by atoms with Gasteiger partial charge in [-0.3, -0.25) is 4.99 Å². The monoisotopic (exact) mass is 257 g/mol. The van der Waals surface area contributed by atoms with Crippen LogP contribution in [0.4, 0.5) is 5.69 Å². The lowest BCUT2D eigenvalue weighted by atomic mass is 10.1. The van der Waals surface area contributed by atoms with Crippen LogP contribution in [-0.2, 0) is 0 Å². The van der Waals surface area contributed by atoms with Crippen LogP contribution in [0.15, 0.2) is 54.0 Å². The number of para-hydroxylation sites is 1. The maximum atomic E-state index is 9.97. The van der Waals surface area contributed by atoms with E-state index in [0.717, 1.165) is 5.69 Å². The maximum absolute atomic E-state index is 9.97. The van der Waals surface area contributed by atoms with E-state index in [1.54, 1.807) is 24.4 Å². The van der Waals surface area contributed by atoms with Crippen LogP contribution in [0.3, 0.4) is 0 Å². The first-order chi connectivity index (χ1) is 8.70. The first-order valence-electron chi connectivity index (χ1n) is 5.45. The fraction of sp³-hybridized carbons (Fsp3) is 0. The van der Waals surface area contributed by atoms with E-state index in [0.29, 0.717) is 16.1 Å². The standard InChI is InChI=1S/C15H12ClNO/c1-2-11-8-13(16)9-12(15(11)18)10-17-14-6-4-3-5-7-14/h2-10,18H,1H2. The van der Waals surface area contributed by atoms with Gasteiger partial charge in [0.1, 0.15) is 5.75 Å². The van der Waals surface area contributed by atoms with Gasteiger partial charge in [-0.2, -0.15) is 0 Å². The Morgan fingerprint density at radius 3 is 2.44 bits per heavy atom. The van der Waals surface area contributed by atoms with Crippen LogP contribution in [0.25, 0.3) is 6.08 Å². The average molecular weight is 258 g/mol. The van der Waals surface area contributed by atoms with Gasteiger partial charge < -0.3 is 5.11 Å². The molecule has 2 nitrogen and oxygen atoms in total. The van der Waals surface area contributed by atoms with E-state index >= 15 is 0 Å². The van der Waals surface area contributed by atoms with Crippen molar-refractivity contribution < 1.29 is 5.11 Å². The summed E-state index contributed by atoms with van der Waals surface area (Å²) in [5.74, 6) is 0.133. The Labute approximate surface area is 111 Å². The molecular weight excluding hydrogens is 246 g/mol. The van der Waals surface area contributed by atoms with Crippen molar-refractivity contribution in [1.82, 2.24) is 0 Å². The largest absolute Gasteiger partial charge is 0.507 e. The molecule has 0 aliphatic heterocycles. The van der Waals surface area contributed by atoms with Crippen LogP contribution < -0.4 is 0 Å². The van der Waals surface area contributed by atoms with Gasteiger partial charge in [0.2, 0.25) is 0 Å². The van der Waals surface area contributed by atoms with Crippen LogP contribution >= 0.6 is 11.6 Å². The summed E-state index contributed by atoms with van der Waals surface area (Å²) in [5.41, 5.74) is 1.98. The molecule has 0 spiro atoms. The third-order valence-corrected chi connectivity index (χ3v) is 2.68. The molecule has 2 rings (SSSR count). The summed E-state index contributed by atoms with van der Waals surface area (Å²) in [5, 5.41) is 10.5. The van der Waals surface area contributed by atoms with Crippen molar-refractivity contribution in [2.45, 2.75) is 0 Å². The molecule has 0 atom stereocenters. The number of hydrogen-bond donors (Lipinski definition) is 1. The normalized spacial score (nSPS) is 10.7. The van der Waals surface area contributed by atoms with E-state index < -0.39 is 0 Å². The lowest BCUT2D eigenvalue weighted by molar-refractivity contribution is 0.473. The van der Waals surface area contributed by atoms with Gasteiger partial charge in [-0.25, -0.2) is 0 Å². The third-order valence-electron chi connectivity index (χ3n) is 2.46. The fourth-order valence-electron chi connectivity index (χ4n) is 1.55. The second kappa shape index (κ2) is 5.52. The molecule has 0 amide bonds. The highest BCUT2D eigenvalue weighted by Gasteiger charge is 2.05. The summed E-state index contributed by atoms with van der Waals surface area (Å²) in [7, 11) is 0. The molecule has 0 heterocycles. The van der Waals surface area contributed by atoms with E-state index in [2.05, 4.69) is 11.6 Å². The molecule has 0 saturated carbocycles. The first-order valence-corrected chi connectivity index (χ1v) is 5.82. The molecule has 0 bridgehead atoms. The van der Waals surface area contributed by atoms with E-state index in [4.69, 9.17) is 11.6 Å². The van der Waals surface area contributed by atoms with Crippen molar-refractivity contribution in [3.05, 3.63) is 65.2 Å². The van der Waals surface area contributed by atoms with Crippen molar-refractivity contribution in [2.24, 2.45) is 4.99 Å². The molecule has 0 unspecified atom stereocenters. The van der Waals surface area contributed by atoms with Crippen LogP contribution in [0.5, 0.6) is 5.75 Å². The zero-order valence-electron chi connectivity index (χ0n) is 9.68. The predicted molar refractivity (Wildman–Crippen MR) is 76.9 cm³/mol. The van der Waals surface area contributed by atoms with E-state index in [9.17, 15) is 5.11 Å². The predicted octanol–water partition coefficient (Wildman–Crippen LogP) is 4.44. The van der Waals surface area contributed by atoms with Gasteiger partial charge in [-0.05, 0) is 24.3 Å². The zero-order chi connectivity index (χ0) is 13.0. The minimum Gasteiger partial charge on any atom is -0.507 e. The lowest BCUT2D eigenvalue weighted by Gasteiger charge is -2.04. The summed E-state index contributed by atoms with van der Waals surface area (Å²) in [6.07, 6.45) is 3.14. The van der Waals surface area contributed by atoms with Gasteiger partial charge in [0.15, 0.2) is 0 Å². The fourth-order valence-corrected chi connectivity index (χ4v) is 1.79. The smallest absolute Gasteiger partial charge is 0.131 e. The van der Waals surface area contributed by atoms with Crippen LogP contribution in [0, 0.1) is 0 Å². The Hall–Kier alpha value is -2.06. The highest BCUT2D eigenvalue weighted by atomic mass is 35.5. The molecule has 2 aromatic carbocycles. The van der Waals surface area contributed by atoms with Gasteiger partial charge in [0, 0.05) is 22.4 Å². The second-order valence-corrected chi connectivity index (χ2v) is 4.17. The molecule has 0 fully saturated rings. The molecule has 0 aromatic heterocycles. The Balaban J connectivity index is 2.37. The molecule has 0 aliphatic rings. The summed E-state index contributed by atoms with van der Waals surface area (Å²) >= 11 is 5.96. The van der Waals surface area contributed by atoms with Gasteiger partial charge in [0.25, 0.3) is 0 Å². The molecule has 1 N–H and O–H groups in total. The van der Waals surface area contributed by atoms with Gasteiger partial charge in [-0.15, -0.1) is 0 Å². The van der Waals surface area contributed by atoms with Crippen molar-refractivity contribution in [2.75, 3.05) is 0 Å². The Morgan fingerprint density at radius 1 is 1.11 bits per heavy atom. The summed E-state index contributed by atoms with van der Waals surface area (Å²) < 4.78 is 0. The molecule has 0 aliphatic carbocycles. The number of phenols is 1. The van der Waals surface area contributed by atoms with Crippen molar-refractivity contribution in [3.63, 3.8) is 0 Å². The molecule has 0 saturated heterocycles. The minimum atomic E-state index is 0.133. The number of rotatable bonds is 3. The van der Waals surface area contributed by atoms with E-state index in [-0.39, 0.29) is 5.75 Å². The number of hydrogen-bond acceptors (Lipinski definition) is 2. The zero-order valence-corrected chi connectivity index (χ0v) is 10.4. The average Bonchev–Trinajstić information content (AvgIpc) is 2.40. The van der Waals surface area contributed by atoms with Gasteiger partial charge >= 0.3 is 0 Å². The summed E-state index contributed by atoms with van der Waals surface area (Å²) in [6, 6.07) is 12.8. The number of aromatic hydroxyl groups is 1. The molecule has 90 valence electrons. The Kier molecular flexibility index (Phi) is 3.80. The number of benzene rings is 2. The van der Waals surface area contributed by atoms with Crippen molar-refractivity contribution in [3.8, 4) is 5.75 Å². The first kappa shape index (κ1) is 12.4. The van der Waals surface area contributed by atoms with Crippen LogP contribution in [-0.4, -0.2) is 11.3 Å². The van der Waals surface area contributed by atoms with Gasteiger partial charge in [-0.1, -0.05) is 42.5 Å². The Morgan fingerprint density at radius 2 is 1.78 bits per heavy atom. The summed E-state index contributed by atoms with van der Waals surface area (Å²) in [4.78, 5) is 4.28. The minimum absolute atomic E-state index is 0.133. The topological polar surface area (TPSA) is 32.6 Å². The van der Waals surface area contributed by atoms with Crippen molar-refractivity contribution in [1.29, 1.82) is 0 Å². The molecule has 18 heavy (non-hydrogen) atoms. The van der Waals surface area contributed by atoms with Crippen LogP contribution in [0.1, 0.15) is 11.1 Å². The quantitative estimate of drug-likeness (QED) is 0.810. The van der Waals surface area contributed by atoms with Gasteiger partial charge in [0.05, 0.1) is 5.69 Å². The molecular formula is C15H12ClNO. The molecule has 2 aromatic rings. The highest BCUT2D eigenvalue weighted by molar-refractivity contribution is 6.31. The third kappa shape index (κ3) is 2.79. The number of nitrogens with zero attached hydrogens (tertiary/aromatic N) is 1. The summed E-state index contributed by atoms with van der Waals surface area (Å²) in [6.45, 7) is 3.63. The SMILES string of the molecule is C=Cc1cc(Cl)cc(C=Nc2ccccc2)c1O. The number of aliphatic imine (C=N–C) groups is 1. The van der Waals surface area contributed by atoms with Crippen LogP contribution in [0.2, 0.25) is 5.02 Å².